The second kappa shape index (κ2) is 21.6. The smallest absolute Gasteiger partial charge is 0.187 e. The normalized spacial score (nSPS) is 27.3. The highest BCUT2D eigenvalue weighted by Gasteiger charge is 2.53. The van der Waals surface area contributed by atoms with Gasteiger partial charge in [0.1, 0.15) is 42.7 Å². The van der Waals surface area contributed by atoms with Gasteiger partial charge in [-0.3, -0.25) is 0 Å². The topological polar surface area (TPSA) is 103 Å². The van der Waals surface area contributed by atoms with Crippen LogP contribution in [-0.4, -0.2) is 80.2 Å². The number of rotatable bonds is 19. The van der Waals surface area contributed by atoms with Crippen LogP contribution in [-0.2, 0) is 75.7 Å². The molecule has 2 fully saturated rings. The lowest BCUT2D eigenvalue weighted by Crippen LogP contribution is -2.65. The van der Waals surface area contributed by atoms with Crippen LogP contribution in [0.15, 0.2) is 152 Å². The van der Waals surface area contributed by atoms with Crippen molar-refractivity contribution in [3.63, 3.8) is 0 Å². The molecule has 2 saturated heterocycles. The number of methoxy groups -OCH3 is 1. The van der Waals surface area contributed by atoms with E-state index in [-0.39, 0.29) is 26.4 Å². The van der Waals surface area contributed by atoms with Crippen LogP contribution in [0.1, 0.15) is 34.7 Å². The van der Waals surface area contributed by atoms with Gasteiger partial charge in [-0.15, -0.1) is 0 Å². The van der Waals surface area contributed by atoms with Crippen LogP contribution in [0.5, 0.6) is 0 Å². The molecule has 0 bridgehead atoms. The predicted molar refractivity (Wildman–Crippen MR) is 217 cm³/mol. The third kappa shape index (κ3) is 11.2. The molecule has 0 spiro atoms. The third-order valence-corrected chi connectivity index (χ3v) is 10.4. The summed E-state index contributed by atoms with van der Waals surface area (Å²) in [7, 11) is 1.55. The van der Waals surface area contributed by atoms with E-state index in [1.807, 2.05) is 159 Å². The fraction of sp³-hybridized carbons (Fsp3) is 0.375. The zero-order valence-electron chi connectivity index (χ0n) is 33.1. The van der Waals surface area contributed by atoms with E-state index in [2.05, 4.69) is 0 Å². The van der Waals surface area contributed by atoms with E-state index in [0.717, 1.165) is 27.8 Å². The van der Waals surface area contributed by atoms with Gasteiger partial charge in [0, 0.05) is 7.11 Å². The summed E-state index contributed by atoms with van der Waals surface area (Å²) in [6, 6.07) is 49.7. The van der Waals surface area contributed by atoms with Crippen molar-refractivity contribution in [2.45, 2.75) is 101 Å². The van der Waals surface area contributed by atoms with Gasteiger partial charge in [0.25, 0.3) is 0 Å². The van der Waals surface area contributed by atoms with E-state index in [4.69, 9.17) is 42.6 Å². The quantitative estimate of drug-likeness (QED) is 0.0911. The Kier molecular flexibility index (Phi) is 15.6. The van der Waals surface area contributed by atoms with E-state index in [1.165, 1.54) is 0 Å². The van der Waals surface area contributed by atoms with Crippen molar-refractivity contribution in [2.24, 2.45) is 0 Å². The molecule has 5 aromatic carbocycles. The molecule has 5 aromatic rings. The molecule has 10 nitrogen and oxygen atoms in total. The van der Waals surface area contributed by atoms with Crippen molar-refractivity contribution in [3.8, 4) is 0 Å². The van der Waals surface area contributed by atoms with E-state index in [0.29, 0.717) is 13.2 Å². The summed E-state index contributed by atoms with van der Waals surface area (Å²) in [5.74, 6) is 0. The highest BCUT2D eigenvalue weighted by atomic mass is 16.8. The number of ether oxygens (including phenoxy) is 9. The summed E-state index contributed by atoms with van der Waals surface area (Å²) in [5, 5.41) is 10.9. The fourth-order valence-corrected chi connectivity index (χ4v) is 7.41. The maximum atomic E-state index is 10.9. The van der Waals surface area contributed by atoms with Crippen molar-refractivity contribution in [1.82, 2.24) is 0 Å². The highest BCUT2D eigenvalue weighted by molar-refractivity contribution is 5.17. The molecule has 306 valence electrons. The van der Waals surface area contributed by atoms with Crippen LogP contribution in [0.25, 0.3) is 0 Å². The van der Waals surface area contributed by atoms with Gasteiger partial charge < -0.3 is 47.7 Å². The Morgan fingerprint density at radius 3 is 1.10 bits per heavy atom. The Bertz CT molecular complexity index is 1870. The van der Waals surface area contributed by atoms with Gasteiger partial charge in [-0.2, -0.15) is 0 Å². The molecule has 10 heteroatoms. The monoisotopic (exact) mass is 790 g/mol. The first-order valence-corrected chi connectivity index (χ1v) is 20.0. The van der Waals surface area contributed by atoms with Crippen LogP contribution in [0, 0.1) is 0 Å². The Hall–Kier alpha value is -4.30. The van der Waals surface area contributed by atoms with Crippen LogP contribution in [0.4, 0.5) is 0 Å². The second-order valence-electron chi connectivity index (χ2n) is 14.6. The van der Waals surface area contributed by atoms with E-state index in [9.17, 15) is 5.11 Å². The Morgan fingerprint density at radius 2 is 0.741 bits per heavy atom. The van der Waals surface area contributed by atoms with Gasteiger partial charge in [-0.1, -0.05) is 152 Å². The molecule has 7 rings (SSSR count). The third-order valence-electron chi connectivity index (χ3n) is 10.4. The van der Waals surface area contributed by atoms with Gasteiger partial charge in [0.2, 0.25) is 0 Å². The lowest BCUT2D eigenvalue weighted by atomic mass is 9.96. The lowest BCUT2D eigenvalue weighted by molar-refractivity contribution is -0.372. The maximum absolute atomic E-state index is 10.9. The summed E-state index contributed by atoms with van der Waals surface area (Å²) < 4.78 is 59.7. The molecule has 0 amide bonds. The molecule has 2 heterocycles. The van der Waals surface area contributed by atoms with Crippen LogP contribution in [0.2, 0.25) is 0 Å². The second-order valence-corrected chi connectivity index (χ2v) is 14.6. The van der Waals surface area contributed by atoms with E-state index in [1.54, 1.807) is 7.11 Å². The number of benzene rings is 5. The number of aliphatic hydroxyl groups excluding tert-OH is 1. The fourth-order valence-electron chi connectivity index (χ4n) is 7.41. The number of hydrogen-bond acceptors (Lipinski definition) is 10. The minimum absolute atomic E-state index is 0.249. The minimum Gasteiger partial charge on any atom is -0.394 e. The predicted octanol–water partition coefficient (Wildman–Crippen LogP) is 7.41. The van der Waals surface area contributed by atoms with E-state index < -0.39 is 61.4 Å². The first kappa shape index (κ1) is 41.8. The standard InChI is InChI=1S/C48H54O10/c1-34-41(51-29-35-18-8-3-9-19-35)43(52-30-36-20-10-4-11-21-36)46(55-33-39-26-16-7-17-27-39)48(56-34)58-42-40(28-49)57-47(50-2)45(54-32-38-24-14-6-15-25-38)44(42)53-31-37-22-12-5-13-23-37/h3-27,34,40-49H,28-33H2,1-2H3/t34-,40+,41-,42-,43+,44-,45+,46+,47-,48+/m0/s1. The van der Waals surface area contributed by atoms with Gasteiger partial charge in [-0.05, 0) is 34.7 Å². The largest absolute Gasteiger partial charge is 0.394 e. The van der Waals surface area contributed by atoms with Crippen molar-refractivity contribution in [1.29, 1.82) is 0 Å². The Labute approximate surface area is 341 Å². The summed E-state index contributed by atoms with van der Waals surface area (Å²) in [5.41, 5.74) is 4.93. The Morgan fingerprint density at radius 1 is 0.414 bits per heavy atom. The molecular weight excluding hydrogens is 737 g/mol. The van der Waals surface area contributed by atoms with Crippen molar-refractivity contribution < 1.29 is 47.7 Å². The van der Waals surface area contributed by atoms with Gasteiger partial charge in [0.05, 0.1) is 45.7 Å². The molecule has 2 aliphatic rings. The molecular formula is C48H54O10. The van der Waals surface area contributed by atoms with Crippen molar-refractivity contribution in [3.05, 3.63) is 179 Å². The van der Waals surface area contributed by atoms with Gasteiger partial charge in [-0.25, -0.2) is 0 Å². The van der Waals surface area contributed by atoms with Crippen LogP contribution >= 0.6 is 0 Å². The van der Waals surface area contributed by atoms with Crippen molar-refractivity contribution >= 4 is 0 Å². The van der Waals surface area contributed by atoms with Gasteiger partial charge in [0.15, 0.2) is 12.6 Å². The summed E-state index contributed by atoms with van der Waals surface area (Å²) in [6.07, 6.45) is -7.62. The highest BCUT2D eigenvalue weighted by Crippen LogP contribution is 2.36. The molecule has 58 heavy (non-hydrogen) atoms. The molecule has 1 N–H and O–H groups in total. The lowest BCUT2D eigenvalue weighted by Gasteiger charge is -2.49. The number of hydrogen-bond donors (Lipinski definition) is 1. The first-order valence-electron chi connectivity index (χ1n) is 20.0. The van der Waals surface area contributed by atoms with Gasteiger partial charge >= 0.3 is 0 Å². The minimum atomic E-state index is -1.00. The molecule has 0 unspecified atom stereocenters. The summed E-state index contributed by atoms with van der Waals surface area (Å²) in [4.78, 5) is 0. The van der Waals surface area contributed by atoms with E-state index >= 15 is 0 Å². The molecule has 2 aliphatic heterocycles. The summed E-state index contributed by atoms with van der Waals surface area (Å²) in [6.45, 7) is 3.00. The average molecular weight is 791 g/mol. The first-order chi connectivity index (χ1) is 28.6. The average Bonchev–Trinajstić information content (AvgIpc) is 3.28. The maximum Gasteiger partial charge on any atom is 0.187 e. The zero-order chi connectivity index (χ0) is 39.9. The molecule has 0 aromatic heterocycles. The Balaban J connectivity index is 1.22. The number of aliphatic hydroxyl groups is 1. The van der Waals surface area contributed by atoms with Crippen molar-refractivity contribution in [2.75, 3.05) is 13.7 Å². The molecule has 0 aliphatic carbocycles. The zero-order valence-corrected chi connectivity index (χ0v) is 33.1. The molecule has 10 atom stereocenters. The molecule has 0 saturated carbocycles. The SMILES string of the molecule is CO[C@H]1O[C@H](CO)[C@H](O[C@H]2O[C@@H](C)[C@H](OCc3ccccc3)[C@@H](OCc3ccccc3)[C@H]2OCc2ccccc2)[C@H](OCc2ccccc2)[C@H]1OCc1ccccc1. The van der Waals surface area contributed by atoms with Crippen LogP contribution in [0.3, 0.4) is 0 Å². The van der Waals surface area contributed by atoms with Crippen LogP contribution < -0.4 is 0 Å². The molecule has 0 radical (unpaired) electrons. The summed E-state index contributed by atoms with van der Waals surface area (Å²) >= 11 is 0.